The molecule has 2 N–H and O–H groups in total. The van der Waals surface area contributed by atoms with Crippen molar-refractivity contribution < 1.29 is 9.53 Å². The fourth-order valence-corrected chi connectivity index (χ4v) is 1.77. The molecule has 4 heteroatoms. The Bertz CT molecular complexity index is 390. The standard InChI is InChI=1S/C15H24N2O2/c1-15(2,12-16)14(18)17(9-10-19-3)11-13-7-5-4-6-8-13/h4-8H,9-12,16H2,1-3H3. The molecule has 0 spiro atoms. The van der Waals surface area contributed by atoms with E-state index in [2.05, 4.69) is 0 Å². The molecule has 19 heavy (non-hydrogen) atoms. The van der Waals surface area contributed by atoms with E-state index < -0.39 is 5.41 Å². The fraction of sp³-hybridized carbons (Fsp3) is 0.533. The minimum absolute atomic E-state index is 0.0657. The molecule has 0 aliphatic heterocycles. The van der Waals surface area contributed by atoms with Gasteiger partial charge in [-0.15, -0.1) is 0 Å². The van der Waals surface area contributed by atoms with Crippen LogP contribution in [-0.2, 0) is 16.1 Å². The highest BCUT2D eigenvalue weighted by Crippen LogP contribution is 2.18. The Hall–Kier alpha value is -1.39. The number of hydrogen-bond donors (Lipinski definition) is 1. The van der Waals surface area contributed by atoms with Crippen LogP contribution in [0.3, 0.4) is 0 Å². The maximum absolute atomic E-state index is 12.5. The molecule has 0 aromatic heterocycles. The van der Waals surface area contributed by atoms with E-state index in [0.717, 1.165) is 5.56 Å². The molecule has 0 radical (unpaired) electrons. The van der Waals surface area contributed by atoms with Crippen molar-refractivity contribution in [1.29, 1.82) is 0 Å². The summed E-state index contributed by atoms with van der Waals surface area (Å²) >= 11 is 0. The highest BCUT2D eigenvalue weighted by Gasteiger charge is 2.30. The molecule has 0 heterocycles. The first-order valence-electron chi connectivity index (χ1n) is 6.53. The number of ether oxygens (including phenoxy) is 1. The van der Waals surface area contributed by atoms with Crippen LogP contribution in [0.4, 0.5) is 0 Å². The maximum atomic E-state index is 12.5. The molecule has 0 saturated carbocycles. The monoisotopic (exact) mass is 264 g/mol. The van der Waals surface area contributed by atoms with E-state index in [1.54, 1.807) is 7.11 Å². The van der Waals surface area contributed by atoms with Gasteiger partial charge in [-0.05, 0) is 19.4 Å². The summed E-state index contributed by atoms with van der Waals surface area (Å²) in [5, 5.41) is 0. The molecule has 1 aromatic carbocycles. The third-order valence-electron chi connectivity index (χ3n) is 3.16. The van der Waals surface area contributed by atoms with Gasteiger partial charge in [-0.2, -0.15) is 0 Å². The number of rotatable bonds is 7. The second-order valence-corrected chi connectivity index (χ2v) is 5.29. The van der Waals surface area contributed by atoms with Crippen molar-refractivity contribution in [2.24, 2.45) is 11.1 Å². The summed E-state index contributed by atoms with van der Waals surface area (Å²) in [4.78, 5) is 14.3. The number of methoxy groups -OCH3 is 1. The van der Waals surface area contributed by atoms with E-state index in [1.165, 1.54) is 0 Å². The molecule has 0 aliphatic carbocycles. The molecular formula is C15H24N2O2. The highest BCUT2D eigenvalue weighted by atomic mass is 16.5. The molecule has 4 nitrogen and oxygen atoms in total. The van der Waals surface area contributed by atoms with Crippen LogP contribution in [0.15, 0.2) is 30.3 Å². The lowest BCUT2D eigenvalue weighted by Crippen LogP contribution is -2.45. The summed E-state index contributed by atoms with van der Waals surface area (Å²) < 4.78 is 5.08. The van der Waals surface area contributed by atoms with Crippen LogP contribution in [0, 0.1) is 5.41 Å². The van der Waals surface area contributed by atoms with Gasteiger partial charge in [0.25, 0.3) is 0 Å². The molecule has 0 aliphatic rings. The highest BCUT2D eigenvalue weighted by molar-refractivity contribution is 5.82. The number of nitrogens with two attached hydrogens (primary N) is 1. The summed E-state index contributed by atoms with van der Waals surface area (Å²) in [5.74, 6) is 0.0657. The predicted molar refractivity (Wildman–Crippen MR) is 76.6 cm³/mol. The molecule has 0 bridgehead atoms. The smallest absolute Gasteiger partial charge is 0.229 e. The zero-order valence-corrected chi connectivity index (χ0v) is 12.1. The summed E-state index contributed by atoms with van der Waals surface area (Å²) in [6, 6.07) is 9.95. The summed E-state index contributed by atoms with van der Waals surface area (Å²) in [6.07, 6.45) is 0. The lowest BCUT2D eigenvalue weighted by atomic mass is 9.91. The van der Waals surface area contributed by atoms with Crippen molar-refractivity contribution in [3.63, 3.8) is 0 Å². The average Bonchev–Trinajstić information content (AvgIpc) is 2.43. The van der Waals surface area contributed by atoms with Gasteiger partial charge in [0.1, 0.15) is 0 Å². The van der Waals surface area contributed by atoms with Crippen LogP contribution in [0.1, 0.15) is 19.4 Å². The van der Waals surface area contributed by atoms with Crippen molar-refractivity contribution >= 4 is 5.91 Å². The van der Waals surface area contributed by atoms with Crippen molar-refractivity contribution in [2.75, 3.05) is 26.8 Å². The number of nitrogens with zero attached hydrogens (tertiary/aromatic N) is 1. The molecule has 1 aromatic rings. The van der Waals surface area contributed by atoms with Crippen LogP contribution in [0.5, 0.6) is 0 Å². The predicted octanol–water partition coefficient (Wildman–Crippen LogP) is 1.65. The maximum Gasteiger partial charge on any atom is 0.229 e. The van der Waals surface area contributed by atoms with Crippen molar-refractivity contribution in [2.45, 2.75) is 20.4 Å². The van der Waals surface area contributed by atoms with Gasteiger partial charge in [0.2, 0.25) is 5.91 Å². The number of carbonyl (C=O) groups excluding carboxylic acids is 1. The van der Waals surface area contributed by atoms with Crippen molar-refractivity contribution in [1.82, 2.24) is 4.90 Å². The molecule has 106 valence electrons. The first-order valence-corrected chi connectivity index (χ1v) is 6.53. The van der Waals surface area contributed by atoms with Gasteiger partial charge in [-0.3, -0.25) is 4.79 Å². The molecule has 0 unspecified atom stereocenters. The zero-order valence-electron chi connectivity index (χ0n) is 12.1. The van der Waals surface area contributed by atoms with Gasteiger partial charge in [0.15, 0.2) is 0 Å². The summed E-state index contributed by atoms with van der Waals surface area (Å²) in [6.45, 7) is 5.78. The van der Waals surface area contributed by atoms with E-state index >= 15 is 0 Å². The van der Waals surface area contributed by atoms with Crippen LogP contribution < -0.4 is 5.73 Å². The van der Waals surface area contributed by atoms with E-state index in [4.69, 9.17) is 10.5 Å². The first-order chi connectivity index (χ1) is 9.01. The molecule has 0 saturated heterocycles. The Kier molecular flexibility index (Phi) is 5.99. The summed E-state index contributed by atoms with van der Waals surface area (Å²) in [5.41, 5.74) is 6.26. The zero-order chi connectivity index (χ0) is 14.3. The Morgan fingerprint density at radius 1 is 1.32 bits per heavy atom. The minimum atomic E-state index is -0.539. The van der Waals surface area contributed by atoms with Gasteiger partial charge in [0, 0.05) is 26.7 Å². The quantitative estimate of drug-likeness (QED) is 0.814. The number of carbonyl (C=O) groups is 1. The van der Waals surface area contributed by atoms with Gasteiger partial charge in [-0.25, -0.2) is 0 Å². The third-order valence-corrected chi connectivity index (χ3v) is 3.16. The van der Waals surface area contributed by atoms with E-state index in [1.807, 2.05) is 49.1 Å². The fourth-order valence-electron chi connectivity index (χ4n) is 1.77. The minimum Gasteiger partial charge on any atom is -0.383 e. The summed E-state index contributed by atoms with van der Waals surface area (Å²) in [7, 11) is 1.64. The van der Waals surface area contributed by atoms with Crippen molar-refractivity contribution in [3.05, 3.63) is 35.9 Å². The second kappa shape index (κ2) is 7.26. The Morgan fingerprint density at radius 2 is 1.95 bits per heavy atom. The van der Waals surface area contributed by atoms with Gasteiger partial charge in [0.05, 0.1) is 12.0 Å². The van der Waals surface area contributed by atoms with E-state index in [-0.39, 0.29) is 5.91 Å². The lowest BCUT2D eigenvalue weighted by Gasteiger charge is -2.31. The average molecular weight is 264 g/mol. The van der Waals surface area contributed by atoms with Gasteiger partial charge >= 0.3 is 0 Å². The Labute approximate surface area is 115 Å². The number of benzene rings is 1. The lowest BCUT2D eigenvalue weighted by molar-refractivity contribution is -0.141. The third kappa shape index (κ3) is 4.65. The van der Waals surface area contributed by atoms with Crippen LogP contribution in [0.25, 0.3) is 0 Å². The Morgan fingerprint density at radius 3 is 2.47 bits per heavy atom. The molecule has 1 rings (SSSR count). The van der Waals surface area contributed by atoms with Crippen LogP contribution in [0.2, 0.25) is 0 Å². The second-order valence-electron chi connectivity index (χ2n) is 5.29. The topological polar surface area (TPSA) is 55.6 Å². The molecule has 0 fully saturated rings. The molecule has 0 atom stereocenters. The van der Waals surface area contributed by atoms with Gasteiger partial charge < -0.3 is 15.4 Å². The van der Waals surface area contributed by atoms with Crippen LogP contribution in [-0.4, -0.2) is 37.6 Å². The SMILES string of the molecule is COCCN(Cc1ccccc1)C(=O)C(C)(C)CN. The first kappa shape index (κ1) is 15.7. The van der Waals surface area contributed by atoms with E-state index in [9.17, 15) is 4.79 Å². The molecular weight excluding hydrogens is 240 g/mol. The van der Waals surface area contributed by atoms with Crippen molar-refractivity contribution in [3.8, 4) is 0 Å². The van der Waals surface area contributed by atoms with Gasteiger partial charge in [-0.1, -0.05) is 30.3 Å². The largest absolute Gasteiger partial charge is 0.383 e. The number of hydrogen-bond acceptors (Lipinski definition) is 3. The molecule has 1 amide bonds. The number of amides is 1. The van der Waals surface area contributed by atoms with E-state index in [0.29, 0.717) is 26.2 Å². The Balaban J connectivity index is 2.80. The van der Waals surface area contributed by atoms with Crippen LogP contribution >= 0.6 is 0 Å². The normalized spacial score (nSPS) is 11.4.